The molecule has 0 aliphatic heterocycles. The standard InChI is InChI=1S/C10H17N5/c1-3-10(7-11,12-2)5-4-6-15-9-13-8-14-15/h8-9,12H,3-6H2,1-2H3. The molecule has 1 N–H and O–H groups in total. The molecule has 0 aliphatic carbocycles. The second-order valence-electron chi connectivity index (χ2n) is 3.56. The molecule has 0 radical (unpaired) electrons. The van der Waals surface area contributed by atoms with Gasteiger partial charge in [0, 0.05) is 6.54 Å². The molecule has 82 valence electrons. The zero-order valence-corrected chi connectivity index (χ0v) is 9.27. The van der Waals surface area contributed by atoms with Crippen molar-refractivity contribution in [3.63, 3.8) is 0 Å². The fourth-order valence-electron chi connectivity index (χ4n) is 1.56. The van der Waals surface area contributed by atoms with Crippen LogP contribution < -0.4 is 5.32 Å². The lowest BCUT2D eigenvalue weighted by molar-refractivity contribution is 0.375. The molecule has 1 unspecified atom stereocenters. The summed E-state index contributed by atoms with van der Waals surface area (Å²) < 4.78 is 1.79. The molecule has 0 fully saturated rings. The second-order valence-corrected chi connectivity index (χ2v) is 3.56. The van der Waals surface area contributed by atoms with Crippen molar-refractivity contribution in [2.75, 3.05) is 7.05 Å². The molecule has 1 atom stereocenters. The summed E-state index contributed by atoms with van der Waals surface area (Å²) in [6, 6.07) is 2.34. The topological polar surface area (TPSA) is 66.5 Å². The molecule has 1 rings (SSSR count). The van der Waals surface area contributed by atoms with Crippen molar-refractivity contribution in [3.05, 3.63) is 12.7 Å². The highest BCUT2D eigenvalue weighted by atomic mass is 15.3. The summed E-state index contributed by atoms with van der Waals surface area (Å²) in [7, 11) is 1.84. The summed E-state index contributed by atoms with van der Waals surface area (Å²) in [5, 5.41) is 16.2. The van der Waals surface area contributed by atoms with E-state index in [1.165, 1.54) is 6.33 Å². The van der Waals surface area contributed by atoms with E-state index in [0.29, 0.717) is 0 Å². The van der Waals surface area contributed by atoms with Crippen molar-refractivity contribution in [3.8, 4) is 6.07 Å². The number of hydrogen-bond donors (Lipinski definition) is 1. The number of nitriles is 1. The van der Waals surface area contributed by atoms with Crippen LogP contribution in [0, 0.1) is 11.3 Å². The van der Waals surface area contributed by atoms with Gasteiger partial charge in [-0.2, -0.15) is 10.4 Å². The van der Waals surface area contributed by atoms with Crippen LogP contribution in [0.5, 0.6) is 0 Å². The minimum atomic E-state index is -0.388. The number of hydrogen-bond acceptors (Lipinski definition) is 4. The van der Waals surface area contributed by atoms with Crippen molar-refractivity contribution >= 4 is 0 Å². The summed E-state index contributed by atoms with van der Waals surface area (Å²) in [5.74, 6) is 0. The molecule has 5 nitrogen and oxygen atoms in total. The first kappa shape index (κ1) is 11.7. The predicted molar refractivity (Wildman–Crippen MR) is 57.0 cm³/mol. The van der Waals surface area contributed by atoms with Gasteiger partial charge in [0.1, 0.15) is 18.2 Å². The van der Waals surface area contributed by atoms with Crippen LogP contribution in [0.2, 0.25) is 0 Å². The van der Waals surface area contributed by atoms with E-state index in [1.807, 2.05) is 14.0 Å². The van der Waals surface area contributed by atoms with E-state index in [9.17, 15) is 0 Å². The Morgan fingerprint density at radius 2 is 2.40 bits per heavy atom. The third kappa shape index (κ3) is 3.03. The lowest BCUT2D eigenvalue weighted by Gasteiger charge is -2.24. The Hall–Kier alpha value is -1.41. The molecule has 0 spiro atoms. The van der Waals surface area contributed by atoms with Crippen LogP contribution in [-0.4, -0.2) is 27.4 Å². The Bertz CT molecular complexity index is 307. The van der Waals surface area contributed by atoms with Gasteiger partial charge >= 0.3 is 0 Å². The largest absolute Gasteiger partial charge is 0.302 e. The summed E-state index contributed by atoms with van der Waals surface area (Å²) in [6.07, 6.45) is 5.79. The lowest BCUT2D eigenvalue weighted by Crippen LogP contribution is -2.40. The van der Waals surface area contributed by atoms with Crippen molar-refractivity contribution in [1.82, 2.24) is 20.1 Å². The van der Waals surface area contributed by atoms with Crippen molar-refractivity contribution < 1.29 is 0 Å². The molecular formula is C10H17N5. The van der Waals surface area contributed by atoms with E-state index in [2.05, 4.69) is 21.5 Å². The third-order valence-electron chi connectivity index (χ3n) is 2.75. The number of aryl methyl sites for hydroxylation is 1. The molecule has 0 aromatic carbocycles. The average Bonchev–Trinajstić information content (AvgIpc) is 2.78. The van der Waals surface area contributed by atoms with E-state index in [1.54, 1.807) is 11.0 Å². The molecule has 0 saturated carbocycles. The number of rotatable bonds is 6. The highest BCUT2D eigenvalue weighted by Gasteiger charge is 2.24. The highest BCUT2D eigenvalue weighted by Crippen LogP contribution is 2.16. The van der Waals surface area contributed by atoms with E-state index in [-0.39, 0.29) is 5.54 Å². The third-order valence-corrected chi connectivity index (χ3v) is 2.75. The van der Waals surface area contributed by atoms with Crippen LogP contribution in [0.3, 0.4) is 0 Å². The van der Waals surface area contributed by atoms with Gasteiger partial charge < -0.3 is 5.32 Å². The van der Waals surface area contributed by atoms with Crippen molar-refractivity contribution in [2.24, 2.45) is 0 Å². The number of nitrogens with zero attached hydrogens (tertiary/aromatic N) is 4. The average molecular weight is 207 g/mol. The zero-order valence-electron chi connectivity index (χ0n) is 9.27. The van der Waals surface area contributed by atoms with Gasteiger partial charge in [-0.05, 0) is 26.3 Å². The van der Waals surface area contributed by atoms with Gasteiger partial charge in [-0.25, -0.2) is 4.98 Å². The van der Waals surface area contributed by atoms with Crippen LogP contribution >= 0.6 is 0 Å². The summed E-state index contributed by atoms with van der Waals surface area (Å²) in [4.78, 5) is 3.87. The van der Waals surface area contributed by atoms with E-state index in [4.69, 9.17) is 5.26 Å². The number of nitrogens with one attached hydrogen (secondary N) is 1. The predicted octanol–water partition coefficient (Wildman–Crippen LogP) is 0.950. The molecular weight excluding hydrogens is 190 g/mol. The monoisotopic (exact) mass is 207 g/mol. The zero-order chi connectivity index (χ0) is 11.1. The van der Waals surface area contributed by atoms with Crippen LogP contribution in [-0.2, 0) is 6.54 Å². The molecule has 1 aromatic heterocycles. The van der Waals surface area contributed by atoms with Crippen LogP contribution in [0.25, 0.3) is 0 Å². The first-order valence-corrected chi connectivity index (χ1v) is 5.19. The molecule has 15 heavy (non-hydrogen) atoms. The second kappa shape index (κ2) is 5.47. The summed E-state index contributed by atoms with van der Waals surface area (Å²) >= 11 is 0. The molecule has 5 heteroatoms. The maximum atomic E-state index is 9.09. The van der Waals surface area contributed by atoms with Gasteiger partial charge in [-0.15, -0.1) is 0 Å². The lowest BCUT2D eigenvalue weighted by atomic mass is 9.92. The Kier molecular flexibility index (Phi) is 4.25. The van der Waals surface area contributed by atoms with E-state index < -0.39 is 0 Å². The summed E-state index contributed by atoms with van der Waals surface area (Å²) in [6.45, 7) is 2.83. The van der Waals surface area contributed by atoms with Crippen molar-refractivity contribution in [2.45, 2.75) is 38.3 Å². The van der Waals surface area contributed by atoms with Gasteiger partial charge in [0.25, 0.3) is 0 Å². The van der Waals surface area contributed by atoms with Crippen LogP contribution in [0.15, 0.2) is 12.7 Å². The maximum Gasteiger partial charge on any atom is 0.137 e. The quantitative estimate of drug-likeness (QED) is 0.754. The first-order chi connectivity index (χ1) is 7.26. The number of aromatic nitrogens is 3. The summed E-state index contributed by atoms with van der Waals surface area (Å²) in [5.41, 5.74) is -0.388. The molecule has 1 heterocycles. The molecule has 0 amide bonds. The fourth-order valence-corrected chi connectivity index (χ4v) is 1.56. The smallest absolute Gasteiger partial charge is 0.137 e. The minimum Gasteiger partial charge on any atom is -0.302 e. The van der Waals surface area contributed by atoms with Gasteiger partial charge in [0.05, 0.1) is 6.07 Å². The van der Waals surface area contributed by atoms with Gasteiger partial charge in [-0.3, -0.25) is 4.68 Å². The van der Waals surface area contributed by atoms with E-state index in [0.717, 1.165) is 25.8 Å². The maximum absolute atomic E-state index is 9.09. The first-order valence-electron chi connectivity index (χ1n) is 5.19. The van der Waals surface area contributed by atoms with Crippen LogP contribution in [0.1, 0.15) is 26.2 Å². The Morgan fingerprint density at radius 1 is 1.60 bits per heavy atom. The fraction of sp³-hybridized carbons (Fsp3) is 0.700. The van der Waals surface area contributed by atoms with Crippen molar-refractivity contribution in [1.29, 1.82) is 5.26 Å². The molecule has 1 aromatic rings. The van der Waals surface area contributed by atoms with Gasteiger partial charge in [0.15, 0.2) is 0 Å². The van der Waals surface area contributed by atoms with Gasteiger partial charge in [0.2, 0.25) is 0 Å². The van der Waals surface area contributed by atoms with Crippen LogP contribution in [0.4, 0.5) is 0 Å². The molecule has 0 bridgehead atoms. The Labute approximate surface area is 90.1 Å². The normalized spacial score (nSPS) is 14.5. The minimum absolute atomic E-state index is 0.388. The highest BCUT2D eigenvalue weighted by molar-refractivity contribution is 5.05. The molecule has 0 saturated heterocycles. The SMILES string of the molecule is CCC(C#N)(CCCn1cncn1)NC. The van der Waals surface area contributed by atoms with E-state index >= 15 is 0 Å². The Morgan fingerprint density at radius 3 is 2.87 bits per heavy atom. The molecule has 0 aliphatic rings. The Balaban J connectivity index is 2.39. The van der Waals surface area contributed by atoms with Gasteiger partial charge in [-0.1, -0.05) is 6.92 Å².